The summed E-state index contributed by atoms with van der Waals surface area (Å²) >= 11 is 0. The summed E-state index contributed by atoms with van der Waals surface area (Å²) in [6, 6.07) is 2.92. The molecule has 0 aliphatic rings. The van der Waals surface area contributed by atoms with Gasteiger partial charge in [0.15, 0.2) is 0 Å². The average Bonchev–Trinajstić information content (AvgIpc) is 2.75. The Balaban J connectivity index is 2.41. The molecule has 1 aromatic heterocycles. The third-order valence-electron chi connectivity index (χ3n) is 2.77. The first-order chi connectivity index (χ1) is 8.17. The van der Waals surface area contributed by atoms with Crippen molar-refractivity contribution in [3.63, 3.8) is 0 Å². The number of nitrogens with one attached hydrogen (secondary N) is 1. The maximum absolute atomic E-state index is 5.20. The average molecular weight is 239 g/mol. The van der Waals surface area contributed by atoms with Crippen LogP contribution in [0.15, 0.2) is 12.3 Å². The van der Waals surface area contributed by atoms with Crippen LogP contribution < -0.4 is 5.32 Å². The maximum atomic E-state index is 5.20. The van der Waals surface area contributed by atoms with E-state index in [4.69, 9.17) is 4.74 Å². The molecule has 0 aliphatic heterocycles. The van der Waals surface area contributed by atoms with Gasteiger partial charge in [-0.3, -0.25) is 4.68 Å². The van der Waals surface area contributed by atoms with Crippen molar-refractivity contribution in [3.05, 3.63) is 18.0 Å². The van der Waals surface area contributed by atoms with Gasteiger partial charge in [0.1, 0.15) is 0 Å². The lowest BCUT2D eigenvalue weighted by Crippen LogP contribution is -2.32. The molecule has 98 valence electrons. The van der Waals surface area contributed by atoms with Crippen molar-refractivity contribution in [2.45, 2.75) is 52.2 Å². The normalized spacial score (nSPS) is 13.2. The van der Waals surface area contributed by atoms with Gasteiger partial charge in [-0.05, 0) is 26.3 Å². The molecule has 1 aromatic rings. The van der Waals surface area contributed by atoms with Crippen LogP contribution in [0.3, 0.4) is 0 Å². The number of ether oxygens (including phenoxy) is 1. The van der Waals surface area contributed by atoms with E-state index in [0.717, 1.165) is 25.3 Å². The summed E-state index contributed by atoms with van der Waals surface area (Å²) in [4.78, 5) is 0. The van der Waals surface area contributed by atoms with E-state index in [2.05, 4.69) is 37.3 Å². The highest BCUT2D eigenvalue weighted by Gasteiger charge is 2.08. The van der Waals surface area contributed by atoms with Crippen LogP contribution in [-0.2, 0) is 11.3 Å². The fourth-order valence-corrected chi connectivity index (χ4v) is 1.80. The molecule has 4 nitrogen and oxygen atoms in total. The molecule has 4 heteroatoms. The zero-order valence-corrected chi connectivity index (χ0v) is 11.4. The quantitative estimate of drug-likeness (QED) is 0.757. The van der Waals surface area contributed by atoms with Crippen molar-refractivity contribution in [2.75, 3.05) is 13.7 Å². The number of hydrogen-bond donors (Lipinski definition) is 1. The van der Waals surface area contributed by atoms with Crippen LogP contribution >= 0.6 is 0 Å². The molecule has 1 heterocycles. The predicted octanol–water partition coefficient (Wildman–Crippen LogP) is 2.37. The van der Waals surface area contributed by atoms with Gasteiger partial charge in [-0.1, -0.05) is 13.3 Å². The second-order valence-electron chi connectivity index (χ2n) is 4.70. The van der Waals surface area contributed by atoms with E-state index in [1.54, 1.807) is 7.11 Å². The largest absolute Gasteiger partial charge is 0.383 e. The van der Waals surface area contributed by atoms with Crippen LogP contribution in [-0.4, -0.2) is 29.5 Å². The molecular weight excluding hydrogens is 214 g/mol. The molecule has 0 bridgehead atoms. The molecule has 0 radical (unpaired) electrons. The van der Waals surface area contributed by atoms with Gasteiger partial charge in [0.05, 0.1) is 12.3 Å². The molecule has 17 heavy (non-hydrogen) atoms. The monoisotopic (exact) mass is 239 g/mol. The van der Waals surface area contributed by atoms with Crippen LogP contribution in [0.1, 0.15) is 45.3 Å². The van der Waals surface area contributed by atoms with E-state index in [9.17, 15) is 0 Å². The number of methoxy groups -OCH3 is 1. The number of aromatic nitrogens is 2. The van der Waals surface area contributed by atoms with Gasteiger partial charge < -0.3 is 10.1 Å². The molecule has 1 rings (SSSR count). The highest BCUT2D eigenvalue weighted by atomic mass is 16.5. The molecule has 0 aliphatic carbocycles. The zero-order chi connectivity index (χ0) is 12.7. The van der Waals surface area contributed by atoms with E-state index >= 15 is 0 Å². The molecular formula is C13H25N3O. The van der Waals surface area contributed by atoms with Crippen molar-refractivity contribution < 1.29 is 4.74 Å². The van der Waals surface area contributed by atoms with Gasteiger partial charge in [-0.25, -0.2) is 0 Å². The van der Waals surface area contributed by atoms with Gasteiger partial charge in [-0.15, -0.1) is 0 Å². The fraction of sp³-hybridized carbons (Fsp3) is 0.769. The minimum Gasteiger partial charge on any atom is -0.383 e. The molecule has 0 aromatic carbocycles. The Morgan fingerprint density at radius 3 is 2.76 bits per heavy atom. The lowest BCUT2D eigenvalue weighted by Gasteiger charge is -2.16. The molecule has 0 saturated carbocycles. The van der Waals surface area contributed by atoms with Crippen LogP contribution in [0.4, 0.5) is 0 Å². The van der Waals surface area contributed by atoms with Crippen LogP contribution in [0.5, 0.6) is 0 Å². The third kappa shape index (κ3) is 4.88. The summed E-state index contributed by atoms with van der Waals surface area (Å²) in [5.41, 5.74) is 1.09. The molecule has 0 fully saturated rings. The van der Waals surface area contributed by atoms with Crippen LogP contribution in [0, 0.1) is 0 Å². The molecule has 1 unspecified atom stereocenters. The summed E-state index contributed by atoms with van der Waals surface area (Å²) in [5, 5.41) is 8.00. The third-order valence-corrected chi connectivity index (χ3v) is 2.77. The Morgan fingerprint density at radius 2 is 2.24 bits per heavy atom. The Labute approximate surface area is 104 Å². The molecule has 0 spiro atoms. The lowest BCUT2D eigenvalue weighted by molar-refractivity contribution is 0.161. The Kier molecular flexibility index (Phi) is 6.22. The van der Waals surface area contributed by atoms with E-state index < -0.39 is 0 Å². The zero-order valence-electron chi connectivity index (χ0n) is 11.4. The standard InChI is InChI=1S/C13H25N3O/c1-5-6-13(10-17-4)14-9-12-7-8-16(15-12)11(2)3/h7-8,11,13-14H,5-6,9-10H2,1-4H3. The van der Waals surface area contributed by atoms with E-state index in [-0.39, 0.29) is 0 Å². The summed E-state index contributed by atoms with van der Waals surface area (Å²) in [6.07, 6.45) is 4.34. The number of rotatable bonds is 8. The molecule has 0 saturated heterocycles. The van der Waals surface area contributed by atoms with Crippen molar-refractivity contribution >= 4 is 0 Å². The predicted molar refractivity (Wildman–Crippen MR) is 70.0 cm³/mol. The first kappa shape index (κ1) is 14.2. The Bertz CT molecular complexity index is 303. The minimum atomic E-state index is 0.425. The van der Waals surface area contributed by atoms with Gasteiger partial charge in [0.2, 0.25) is 0 Å². The molecule has 1 N–H and O–H groups in total. The summed E-state index contributed by atoms with van der Waals surface area (Å²) in [5.74, 6) is 0. The second kappa shape index (κ2) is 7.45. The Morgan fingerprint density at radius 1 is 1.47 bits per heavy atom. The minimum absolute atomic E-state index is 0.425. The van der Waals surface area contributed by atoms with Crippen LogP contribution in [0.2, 0.25) is 0 Å². The summed E-state index contributed by atoms with van der Waals surface area (Å²) in [7, 11) is 1.75. The smallest absolute Gasteiger partial charge is 0.0762 e. The topological polar surface area (TPSA) is 39.1 Å². The van der Waals surface area contributed by atoms with Crippen molar-refractivity contribution in [3.8, 4) is 0 Å². The van der Waals surface area contributed by atoms with Gasteiger partial charge in [0, 0.05) is 31.9 Å². The van der Waals surface area contributed by atoms with Crippen molar-refractivity contribution in [1.82, 2.24) is 15.1 Å². The highest BCUT2D eigenvalue weighted by molar-refractivity contribution is 4.99. The van der Waals surface area contributed by atoms with Crippen LogP contribution in [0.25, 0.3) is 0 Å². The highest BCUT2D eigenvalue weighted by Crippen LogP contribution is 2.05. The molecule has 1 atom stereocenters. The van der Waals surface area contributed by atoms with E-state index in [1.807, 2.05) is 10.9 Å². The number of nitrogens with zero attached hydrogens (tertiary/aromatic N) is 2. The second-order valence-corrected chi connectivity index (χ2v) is 4.70. The summed E-state index contributed by atoms with van der Waals surface area (Å²) < 4.78 is 7.19. The van der Waals surface area contributed by atoms with Crippen molar-refractivity contribution in [2.24, 2.45) is 0 Å². The van der Waals surface area contributed by atoms with Gasteiger partial charge in [0.25, 0.3) is 0 Å². The fourth-order valence-electron chi connectivity index (χ4n) is 1.80. The summed E-state index contributed by atoms with van der Waals surface area (Å²) in [6.45, 7) is 8.04. The van der Waals surface area contributed by atoms with E-state index in [1.165, 1.54) is 6.42 Å². The lowest BCUT2D eigenvalue weighted by atomic mass is 10.2. The van der Waals surface area contributed by atoms with Crippen molar-refractivity contribution in [1.29, 1.82) is 0 Å². The SMILES string of the molecule is CCCC(COC)NCc1ccn(C(C)C)n1. The first-order valence-corrected chi connectivity index (χ1v) is 6.43. The van der Waals surface area contributed by atoms with Gasteiger partial charge in [-0.2, -0.15) is 5.10 Å². The maximum Gasteiger partial charge on any atom is 0.0762 e. The number of hydrogen-bond acceptors (Lipinski definition) is 3. The molecule has 0 amide bonds. The van der Waals surface area contributed by atoms with E-state index in [0.29, 0.717) is 12.1 Å². The van der Waals surface area contributed by atoms with Gasteiger partial charge >= 0.3 is 0 Å². The Hall–Kier alpha value is -0.870. The first-order valence-electron chi connectivity index (χ1n) is 6.43.